The molecule has 1 aliphatic carbocycles. The lowest BCUT2D eigenvalue weighted by Gasteiger charge is -2.38. The number of allylic oxidation sites excluding steroid dienone is 2. The van der Waals surface area contributed by atoms with Crippen molar-refractivity contribution in [1.82, 2.24) is 0 Å². The first-order valence-electron chi connectivity index (χ1n) is 9.03. The van der Waals surface area contributed by atoms with Crippen LogP contribution in [0.5, 0.6) is 0 Å². The van der Waals surface area contributed by atoms with Gasteiger partial charge in [0.05, 0.1) is 27.2 Å². The van der Waals surface area contributed by atoms with Crippen LogP contribution in [0.1, 0.15) is 29.5 Å². The predicted molar refractivity (Wildman–Crippen MR) is 108 cm³/mol. The second-order valence-electron chi connectivity index (χ2n) is 7.16. The second kappa shape index (κ2) is 6.10. The number of anilines is 1. The van der Waals surface area contributed by atoms with Crippen LogP contribution in [0.4, 0.5) is 11.4 Å². The lowest BCUT2D eigenvalue weighted by molar-refractivity contribution is -0.385. The average Bonchev–Trinajstić information content (AvgIpc) is 3.17. The smallest absolute Gasteiger partial charge is 0.275 e. The van der Waals surface area contributed by atoms with Gasteiger partial charge in [-0.2, -0.15) is 0 Å². The molecule has 0 radical (unpaired) electrons. The summed E-state index contributed by atoms with van der Waals surface area (Å²) in [6.07, 6.45) is 5.12. The molecule has 1 heterocycles. The predicted octanol–water partition coefficient (Wildman–Crippen LogP) is 6.23. The second-order valence-corrected chi connectivity index (χ2v) is 7.56. The van der Waals surface area contributed by atoms with Gasteiger partial charge < -0.3 is 5.32 Å². The van der Waals surface area contributed by atoms with Crippen LogP contribution in [0.2, 0.25) is 5.02 Å². The molecular formula is C22H17ClN2O2. The van der Waals surface area contributed by atoms with E-state index in [1.165, 1.54) is 22.4 Å². The SMILES string of the molecule is O=[N+]([O-])c1ccc(Cl)c2c1[C@@H]1C=CC[C@@H]1[C@H](c1cccc3ccccc13)N2. The summed E-state index contributed by atoms with van der Waals surface area (Å²) in [5.74, 6) is 0.213. The van der Waals surface area contributed by atoms with E-state index in [0.29, 0.717) is 16.3 Å². The Hall–Kier alpha value is -2.85. The molecule has 3 aromatic rings. The molecule has 0 bridgehead atoms. The van der Waals surface area contributed by atoms with E-state index in [1.54, 1.807) is 6.07 Å². The van der Waals surface area contributed by atoms with E-state index < -0.39 is 0 Å². The number of nitro benzene ring substituents is 1. The topological polar surface area (TPSA) is 55.2 Å². The van der Waals surface area contributed by atoms with Crippen molar-refractivity contribution in [2.75, 3.05) is 5.32 Å². The van der Waals surface area contributed by atoms with Crippen molar-refractivity contribution in [1.29, 1.82) is 0 Å². The zero-order valence-electron chi connectivity index (χ0n) is 14.4. The highest BCUT2D eigenvalue weighted by Gasteiger charge is 2.42. The van der Waals surface area contributed by atoms with Crippen LogP contribution in [0, 0.1) is 16.0 Å². The van der Waals surface area contributed by atoms with Crippen molar-refractivity contribution in [3.05, 3.63) is 93.0 Å². The van der Waals surface area contributed by atoms with Crippen LogP contribution in [0.15, 0.2) is 66.7 Å². The van der Waals surface area contributed by atoms with E-state index in [9.17, 15) is 10.1 Å². The number of halogens is 1. The number of fused-ring (bicyclic) bond motifs is 4. The third-order valence-corrected chi connectivity index (χ3v) is 6.12. The molecule has 5 rings (SSSR count). The van der Waals surface area contributed by atoms with Gasteiger partial charge >= 0.3 is 0 Å². The van der Waals surface area contributed by atoms with Crippen molar-refractivity contribution >= 4 is 33.7 Å². The molecule has 0 aromatic heterocycles. The summed E-state index contributed by atoms with van der Waals surface area (Å²) < 4.78 is 0. The van der Waals surface area contributed by atoms with Crippen molar-refractivity contribution in [3.8, 4) is 0 Å². The number of nitrogens with zero attached hydrogens (tertiary/aromatic N) is 1. The number of hydrogen-bond acceptors (Lipinski definition) is 3. The van der Waals surface area contributed by atoms with Crippen LogP contribution in [0.3, 0.4) is 0 Å². The highest BCUT2D eigenvalue weighted by molar-refractivity contribution is 6.33. The zero-order valence-corrected chi connectivity index (χ0v) is 15.2. The molecule has 1 N–H and O–H groups in total. The van der Waals surface area contributed by atoms with Gasteiger partial charge in [-0.15, -0.1) is 0 Å². The van der Waals surface area contributed by atoms with Crippen LogP contribution in [-0.2, 0) is 0 Å². The van der Waals surface area contributed by atoms with Gasteiger partial charge in [-0.3, -0.25) is 10.1 Å². The van der Waals surface area contributed by atoms with Crippen LogP contribution < -0.4 is 5.32 Å². The maximum atomic E-state index is 11.6. The van der Waals surface area contributed by atoms with Crippen LogP contribution >= 0.6 is 11.6 Å². The maximum absolute atomic E-state index is 11.6. The van der Waals surface area contributed by atoms with Gasteiger partial charge in [0.25, 0.3) is 5.69 Å². The normalized spacial score (nSPS) is 22.9. The molecule has 0 fully saturated rings. The van der Waals surface area contributed by atoms with Crippen LogP contribution in [-0.4, -0.2) is 4.92 Å². The van der Waals surface area contributed by atoms with E-state index in [2.05, 4.69) is 47.8 Å². The Morgan fingerprint density at radius 3 is 2.74 bits per heavy atom. The van der Waals surface area contributed by atoms with Crippen molar-refractivity contribution < 1.29 is 4.92 Å². The Morgan fingerprint density at radius 2 is 1.89 bits per heavy atom. The molecule has 5 heteroatoms. The van der Waals surface area contributed by atoms with Gasteiger partial charge in [0.1, 0.15) is 0 Å². The summed E-state index contributed by atoms with van der Waals surface area (Å²) >= 11 is 6.47. The Labute approximate surface area is 161 Å². The Balaban J connectivity index is 1.72. The number of nitrogens with one attached hydrogen (secondary N) is 1. The Morgan fingerprint density at radius 1 is 1.07 bits per heavy atom. The molecule has 0 amide bonds. The molecule has 0 spiro atoms. The van der Waals surface area contributed by atoms with E-state index in [4.69, 9.17) is 11.6 Å². The average molecular weight is 377 g/mol. The summed E-state index contributed by atoms with van der Waals surface area (Å²) in [7, 11) is 0. The number of benzene rings is 3. The van der Waals surface area contributed by atoms with Gasteiger partial charge in [0, 0.05) is 12.0 Å². The van der Waals surface area contributed by atoms with Crippen molar-refractivity contribution in [2.24, 2.45) is 5.92 Å². The standard InChI is InChI=1S/C22H17ClN2O2/c23-18-11-12-19(25(26)27)20-15-8-4-10-17(15)21(24-22(18)20)16-9-3-6-13-5-1-2-7-14(13)16/h1-9,11-12,15,17,21,24H,10H2/t15-,17+,21+/m1/s1. The summed E-state index contributed by atoms with van der Waals surface area (Å²) in [4.78, 5) is 11.3. The van der Waals surface area contributed by atoms with Gasteiger partial charge in [-0.05, 0) is 34.7 Å². The molecule has 0 unspecified atom stereocenters. The van der Waals surface area contributed by atoms with E-state index in [-0.39, 0.29) is 28.5 Å². The summed E-state index contributed by atoms with van der Waals surface area (Å²) in [6.45, 7) is 0. The number of nitro groups is 1. The molecule has 1 aliphatic heterocycles. The highest BCUT2D eigenvalue weighted by Crippen LogP contribution is 2.54. The molecule has 134 valence electrons. The fourth-order valence-electron chi connectivity index (χ4n) is 4.64. The van der Waals surface area contributed by atoms with Gasteiger partial charge in [-0.25, -0.2) is 0 Å². The molecule has 0 saturated carbocycles. The first-order valence-corrected chi connectivity index (χ1v) is 9.40. The lowest BCUT2D eigenvalue weighted by atomic mass is 9.75. The first kappa shape index (κ1) is 16.3. The van der Waals surface area contributed by atoms with Gasteiger partial charge in [-0.1, -0.05) is 66.2 Å². The summed E-state index contributed by atoms with van der Waals surface area (Å²) in [5, 5.41) is 18.1. The number of rotatable bonds is 2. The fourth-order valence-corrected chi connectivity index (χ4v) is 4.86. The van der Waals surface area contributed by atoms with Crippen molar-refractivity contribution in [2.45, 2.75) is 18.4 Å². The fraction of sp³-hybridized carbons (Fsp3) is 0.182. The van der Waals surface area contributed by atoms with Gasteiger partial charge in [0.2, 0.25) is 0 Å². The quantitative estimate of drug-likeness (QED) is 0.327. The molecule has 0 saturated heterocycles. The van der Waals surface area contributed by atoms with Crippen molar-refractivity contribution in [3.63, 3.8) is 0 Å². The van der Waals surface area contributed by atoms with E-state index >= 15 is 0 Å². The number of hydrogen-bond donors (Lipinski definition) is 1. The van der Waals surface area contributed by atoms with Gasteiger partial charge in [0.15, 0.2) is 0 Å². The minimum Gasteiger partial charge on any atom is -0.376 e. The highest BCUT2D eigenvalue weighted by atomic mass is 35.5. The Kier molecular flexibility index (Phi) is 3.69. The van der Waals surface area contributed by atoms with E-state index in [1.807, 2.05) is 12.1 Å². The summed E-state index contributed by atoms with van der Waals surface area (Å²) in [5.41, 5.74) is 2.75. The van der Waals surface area contributed by atoms with Crippen LogP contribution in [0.25, 0.3) is 10.8 Å². The molecule has 27 heavy (non-hydrogen) atoms. The first-order chi connectivity index (χ1) is 13.1. The molecule has 4 nitrogen and oxygen atoms in total. The zero-order chi connectivity index (χ0) is 18.5. The third-order valence-electron chi connectivity index (χ3n) is 5.80. The lowest BCUT2D eigenvalue weighted by Crippen LogP contribution is -2.30. The minimum absolute atomic E-state index is 0.00989. The van der Waals surface area contributed by atoms with E-state index in [0.717, 1.165) is 6.42 Å². The monoisotopic (exact) mass is 376 g/mol. The summed E-state index contributed by atoms with van der Waals surface area (Å²) in [6, 6.07) is 17.8. The third kappa shape index (κ3) is 2.44. The molecular weight excluding hydrogens is 360 g/mol. The molecule has 3 atom stereocenters. The maximum Gasteiger partial charge on any atom is 0.275 e. The minimum atomic E-state index is -0.307. The molecule has 3 aromatic carbocycles. The molecule has 2 aliphatic rings. The largest absolute Gasteiger partial charge is 0.376 e. The Bertz CT molecular complexity index is 1100.